The maximum absolute atomic E-state index is 13.0. The van der Waals surface area contributed by atoms with E-state index in [1.54, 1.807) is 18.2 Å². The molecule has 12 heteroatoms. The number of nitro benzene ring substituents is 1. The Bertz CT molecular complexity index is 1660. The second kappa shape index (κ2) is 13.6. The van der Waals surface area contributed by atoms with Crippen LogP contribution < -0.4 is 10.6 Å². The van der Waals surface area contributed by atoms with E-state index < -0.39 is 16.8 Å². The van der Waals surface area contributed by atoms with Crippen LogP contribution in [0.4, 0.5) is 16.4 Å². The summed E-state index contributed by atoms with van der Waals surface area (Å²) in [6, 6.07) is 22.6. The van der Waals surface area contributed by atoms with Gasteiger partial charge in [0.05, 0.1) is 23.3 Å². The van der Waals surface area contributed by atoms with E-state index in [2.05, 4.69) is 27.7 Å². The molecule has 0 saturated carbocycles. The molecule has 2 heterocycles. The second-order valence-corrected chi connectivity index (χ2v) is 11.9. The number of amides is 2. The van der Waals surface area contributed by atoms with Crippen molar-refractivity contribution in [3.05, 3.63) is 116 Å². The number of nitro groups is 1. The molecule has 0 aliphatic carbocycles. The molecule has 0 bridgehead atoms. The number of rotatable bonds is 10. The Hall–Kier alpha value is -4.52. The molecular weight excluding hydrogens is 588 g/mol. The van der Waals surface area contributed by atoms with Crippen LogP contribution in [0.2, 0.25) is 0 Å². The third-order valence-corrected chi connectivity index (χ3v) is 8.96. The first kappa shape index (κ1) is 30.0. The predicted molar refractivity (Wildman–Crippen MR) is 167 cm³/mol. The van der Waals surface area contributed by atoms with Gasteiger partial charge in [0.25, 0.3) is 11.6 Å². The second-order valence-electron chi connectivity index (χ2n) is 9.77. The minimum Gasteiger partial charge on any atom is -0.465 e. The number of carbonyl (C=O) groups excluding carboxylic acids is 3. The van der Waals surface area contributed by atoms with Gasteiger partial charge in [-0.3, -0.25) is 24.6 Å². The van der Waals surface area contributed by atoms with Crippen LogP contribution in [-0.4, -0.2) is 47.0 Å². The van der Waals surface area contributed by atoms with E-state index in [-0.39, 0.29) is 22.9 Å². The van der Waals surface area contributed by atoms with E-state index >= 15 is 0 Å². The van der Waals surface area contributed by atoms with Crippen molar-refractivity contribution in [1.82, 2.24) is 4.90 Å². The minimum atomic E-state index is -0.526. The van der Waals surface area contributed by atoms with E-state index in [1.807, 2.05) is 24.3 Å². The highest BCUT2D eigenvalue weighted by molar-refractivity contribution is 8.00. The number of thioether (sulfide) groups is 1. The molecule has 0 saturated heterocycles. The predicted octanol–water partition coefficient (Wildman–Crippen LogP) is 5.98. The Morgan fingerprint density at radius 2 is 1.79 bits per heavy atom. The van der Waals surface area contributed by atoms with E-state index in [1.165, 1.54) is 60.0 Å². The fourth-order valence-electron chi connectivity index (χ4n) is 4.75. The number of fused-ring (bicyclic) bond motifs is 1. The standard InChI is InChI=1S/C31H28N4O6S2/c1-41-31(38)28-25-14-15-34(17-20-6-3-2-4-7-20)18-26(25)43-30(28)33-27(36)19-42-24-9-5-8-22(16-24)32-29(37)21-10-12-23(13-11-21)35(39)40/h2-13,16H,14-15,17-19H2,1H3,(H,32,37)(H,33,36). The van der Waals surface area contributed by atoms with Gasteiger partial charge in [-0.2, -0.15) is 0 Å². The van der Waals surface area contributed by atoms with Crippen LogP contribution in [0.1, 0.15) is 36.7 Å². The number of benzene rings is 3. The number of non-ortho nitro benzene ring substituents is 1. The van der Waals surface area contributed by atoms with Crippen LogP contribution in [0, 0.1) is 10.1 Å². The normalized spacial score (nSPS) is 12.7. The highest BCUT2D eigenvalue weighted by Crippen LogP contribution is 2.38. The van der Waals surface area contributed by atoms with E-state index in [0.717, 1.165) is 28.4 Å². The molecule has 3 aromatic carbocycles. The summed E-state index contributed by atoms with van der Waals surface area (Å²) >= 11 is 2.70. The monoisotopic (exact) mass is 616 g/mol. The molecule has 0 radical (unpaired) electrons. The number of nitrogens with zero attached hydrogens (tertiary/aromatic N) is 2. The number of nitrogens with one attached hydrogen (secondary N) is 2. The lowest BCUT2D eigenvalue weighted by Crippen LogP contribution is -2.29. The molecule has 1 aromatic heterocycles. The van der Waals surface area contributed by atoms with Crippen molar-refractivity contribution in [2.45, 2.75) is 24.4 Å². The van der Waals surface area contributed by atoms with Crippen LogP contribution in [0.3, 0.4) is 0 Å². The molecular formula is C31H28N4O6S2. The molecule has 0 spiro atoms. The molecule has 4 aromatic rings. The zero-order valence-corrected chi connectivity index (χ0v) is 24.8. The number of hydrogen-bond donors (Lipinski definition) is 2. The molecule has 5 rings (SSSR count). The highest BCUT2D eigenvalue weighted by atomic mass is 32.2. The quantitative estimate of drug-likeness (QED) is 0.0963. The Morgan fingerprint density at radius 1 is 1.02 bits per heavy atom. The van der Waals surface area contributed by atoms with E-state index in [4.69, 9.17) is 4.74 Å². The summed E-state index contributed by atoms with van der Waals surface area (Å²) in [5.74, 6) is -1.05. The van der Waals surface area contributed by atoms with Crippen molar-refractivity contribution in [3.8, 4) is 0 Å². The summed E-state index contributed by atoms with van der Waals surface area (Å²) in [4.78, 5) is 52.7. The third kappa shape index (κ3) is 7.47. The molecule has 10 nitrogen and oxygen atoms in total. The van der Waals surface area contributed by atoms with Crippen LogP contribution in [0.15, 0.2) is 83.8 Å². The Balaban J connectivity index is 1.21. The molecule has 1 aliphatic rings. The first-order valence-electron chi connectivity index (χ1n) is 13.4. The maximum atomic E-state index is 13.0. The van der Waals surface area contributed by atoms with Crippen molar-refractivity contribution >= 4 is 57.3 Å². The molecule has 0 fully saturated rings. The zero-order valence-electron chi connectivity index (χ0n) is 23.2. The van der Waals surface area contributed by atoms with Gasteiger partial charge in [0.2, 0.25) is 5.91 Å². The van der Waals surface area contributed by atoms with Gasteiger partial charge in [0, 0.05) is 52.8 Å². The average Bonchev–Trinajstić information content (AvgIpc) is 3.37. The Morgan fingerprint density at radius 3 is 2.51 bits per heavy atom. The number of esters is 1. The summed E-state index contributed by atoms with van der Waals surface area (Å²) in [7, 11) is 1.34. The van der Waals surface area contributed by atoms with Gasteiger partial charge in [-0.15, -0.1) is 23.1 Å². The number of thiophene rings is 1. The summed E-state index contributed by atoms with van der Waals surface area (Å²) in [6.07, 6.45) is 0.687. The van der Waals surface area contributed by atoms with Crippen molar-refractivity contribution in [3.63, 3.8) is 0 Å². The Kier molecular flexibility index (Phi) is 9.50. The molecule has 2 N–H and O–H groups in total. The first-order valence-corrected chi connectivity index (χ1v) is 15.2. The van der Waals surface area contributed by atoms with Gasteiger partial charge in [0.15, 0.2) is 0 Å². The molecule has 43 heavy (non-hydrogen) atoms. The summed E-state index contributed by atoms with van der Waals surface area (Å²) in [6.45, 7) is 2.28. The fourth-order valence-corrected chi connectivity index (χ4v) is 6.80. The Labute approximate surface area is 256 Å². The number of anilines is 2. The summed E-state index contributed by atoms with van der Waals surface area (Å²) in [5, 5.41) is 17.0. The van der Waals surface area contributed by atoms with Crippen molar-refractivity contribution < 1.29 is 24.0 Å². The van der Waals surface area contributed by atoms with Gasteiger partial charge in [0.1, 0.15) is 5.00 Å². The first-order chi connectivity index (χ1) is 20.8. The zero-order chi connectivity index (χ0) is 30.3. The summed E-state index contributed by atoms with van der Waals surface area (Å²) in [5.41, 5.74) is 3.28. The fraction of sp³-hybridized carbons (Fsp3) is 0.194. The van der Waals surface area contributed by atoms with Gasteiger partial charge in [-0.1, -0.05) is 36.4 Å². The highest BCUT2D eigenvalue weighted by Gasteiger charge is 2.29. The molecule has 0 atom stereocenters. The lowest BCUT2D eigenvalue weighted by molar-refractivity contribution is -0.384. The number of methoxy groups -OCH3 is 1. The number of carbonyl (C=O) groups is 3. The molecule has 1 aliphatic heterocycles. The van der Waals surface area contributed by atoms with E-state index in [0.29, 0.717) is 29.2 Å². The lowest BCUT2D eigenvalue weighted by Gasteiger charge is -2.27. The van der Waals surface area contributed by atoms with E-state index in [9.17, 15) is 24.5 Å². The van der Waals surface area contributed by atoms with Crippen molar-refractivity contribution in [2.75, 3.05) is 30.0 Å². The van der Waals surface area contributed by atoms with Gasteiger partial charge in [-0.25, -0.2) is 4.79 Å². The van der Waals surface area contributed by atoms with Crippen LogP contribution >= 0.6 is 23.1 Å². The van der Waals surface area contributed by atoms with Crippen molar-refractivity contribution in [1.29, 1.82) is 0 Å². The van der Waals surface area contributed by atoms with Gasteiger partial charge in [-0.05, 0) is 47.9 Å². The average molecular weight is 617 g/mol. The molecule has 0 unspecified atom stereocenters. The smallest absolute Gasteiger partial charge is 0.341 e. The van der Waals surface area contributed by atoms with Crippen LogP contribution in [0.25, 0.3) is 0 Å². The van der Waals surface area contributed by atoms with Gasteiger partial charge >= 0.3 is 5.97 Å². The molecule has 2 amide bonds. The topological polar surface area (TPSA) is 131 Å². The maximum Gasteiger partial charge on any atom is 0.341 e. The lowest BCUT2D eigenvalue weighted by atomic mass is 10.0. The van der Waals surface area contributed by atoms with Crippen molar-refractivity contribution in [2.24, 2.45) is 0 Å². The SMILES string of the molecule is COC(=O)c1c(NC(=O)CSc2cccc(NC(=O)c3ccc([N+](=O)[O-])cc3)c2)sc2c1CCN(Cc1ccccc1)C2. The van der Waals surface area contributed by atoms with Gasteiger partial charge < -0.3 is 15.4 Å². The number of hydrogen-bond acceptors (Lipinski definition) is 9. The minimum absolute atomic E-state index is 0.0864. The summed E-state index contributed by atoms with van der Waals surface area (Å²) < 4.78 is 5.06. The third-order valence-electron chi connectivity index (χ3n) is 6.83. The van der Waals surface area contributed by atoms with Crippen LogP contribution in [-0.2, 0) is 29.0 Å². The molecule has 220 valence electrons. The van der Waals surface area contributed by atoms with Crippen LogP contribution in [0.5, 0.6) is 0 Å². The largest absolute Gasteiger partial charge is 0.465 e. The number of ether oxygens (including phenoxy) is 1.